The standard InChI is InChI=1S/C10H22N/c1-4-10-8-6-7-9-11(10,3)5-2/h10H,4-9H2,1-3H3/q+1/t10-,11+/m0/s1. The van der Waals surface area contributed by atoms with Crippen LogP contribution in [0.25, 0.3) is 0 Å². The van der Waals surface area contributed by atoms with Crippen LogP contribution < -0.4 is 0 Å². The first-order valence-electron chi connectivity index (χ1n) is 5.07. The molecule has 0 unspecified atom stereocenters. The smallest absolute Gasteiger partial charge is 0.0885 e. The maximum Gasteiger partial charge on any atom is 0.0885 e. The molecule has 11 heavy (non-hydrogen) atoms. The van der Waals surface area contributed by atoms with E-state index in [0.29, 0.717) is 0 Å². The third-order valence-corrected chi connectivity index (χ3v) is 3.53. The van der Waals surface area contributed by atoms with Gasteiger partial charge < -0.3 is 4.48 Å². The molecule has 0 aromatic heterocycles. The first-order valence-corrected chi connectivity index (χ1v) is 5.07. The predicted octanol–water partition coefficient (Wildman–Crippen LogP) is 2.42. The molecule has 66 valence electrons. The average Bonchev–Trinajstić information content (AvgIpc) is 2.05. The highest BCUT2D eigenvalue weighted by molar-refractivity contribution is 4.63. The quantitative estimate of drug-likeness (QED) is 0.539. The van der Waals surface area contributed by atoms with Gasteiger partial charge in [0.25, 0.3) is 0 Å². The Morgan fingerprint density at radius 1 is 1.27 bits per heavy atom. The summed E-state index contributed by atoms with van der Waals surface area (Å²) in [6.45, 7) is 7.39. The molecule has 0 spiro atoms. The molecule has 1 saturated heterocycles. The molecule has 0 bridgehead atoms. The second kappa shape index (κ2) is 3.57. The minimum absolute atomic E-state index is 0.953. The molecule has 1 heteroatoms. The van der Waals surface area contributed by atoms with Gasteiger partial charge in [0.15, 0.2) is 0 Å². The summed E-state index contributed by atoms with van der Waals surface area (Å²) in [7, 11) is 2.42. The van der Waals surface area contributed by atoms with E-state index in [1.54, 1.807) is 0 Å². The molecule has 0 aromatic carbocycles. The zero-order valence-electron chi connectivity index (χ0n) is 8.27. The van der Waals surface area contributed by atoms with Crippen molar-refractivity contribution in [3.05, 3.63) is 0 Å². The van der Waals surface area contributed by atoms with Crippen LogP contribution in [0.1, 0.15) is 39.5 Å². The maximum absolute atomic E-state index is 2.42. The fourth-order valence-corrected chi connectivity index (χ4v) is 2.41. The fourth-order valence-electron chi connectivity index (χ4n) is 2.41. The normalized spacial score (nSPS) is 39.0. The Hall–Kier alpha value is -0.0400. The summed E-state index contributed by atoms with van der Waals surface area (Å²) in [5.41, 5.74) is 0. The van der Waals surface area contributed by atoms with Gasteiger partial charge >= 0.3 is 0 Å². The molecule has 0 aliphatic carbocycles. The van der Waals surface area contributed by atoms with Gasteiger partial charge in [-0.1, -0.05) is 6.92 Å². The third kappa shape index (κ3) is 1.76. The van der Waals surface area contributed by atoms with Crippen molar-refractivity contribution in [1.82, 2.24) is 0 Å². The van der Waals surface area contributed by atoms with Crippen LogP contribution in [0.2, 0.25) is 0 Å². The zero-order chi connectivity index (χ0) is 8.32. The van der Waals surface area contributed by atoms with E-state index in [9.17, 15) is 0 Å². The number of nitrogens with zero attached hydrogens (tertiary/aromatic N) is 1. The van der Waals surface area contributed by atoms with Gasteiger partial charge in [0, 0.05) is 0 Å². The monoisotopic (exact) mass is 156 g/mol. The van der Waals surface area contributed by atoms with Crippen molar-refractivity contribution in [2.75, 3.05) is 20.1 Å². The lowest BCUT2D eigenvalue weighted by molar-refractivity contribution is -0.936. The van der Waals surface area contributed by atoms with Crippen molar-refractivity contribution in [3.63, 3.8) is 0 Å². The highest BCUT2D eigenvalue weighted by Gasteiger charge is 2.31. The summed E-state index contributed by atoms with van der Waals surface area (Å²) in [6, 6.07) is 0.953. The number of likely N-dealkylation sites (tertiary alicyclic amines) is 1. The highest BCUT2D eigenvalue weighted by Crippen LogP contribution is 2.25. The molecule has 2 atom stereocenters. The van der Waals surface area contributed by atoms with Gasteiger partial charge in [-0.25, -0.2) is 0 Å². The molecule has 1 nitrogen and oxygen atoms in total. The second-order valence-corrected chi connectivity index (χ2v) is 4.08. The van der Waals surface area contributed by atoms with Crippen LogP contribution in [0.4, 0.5) is 0 Å². The van der Waals surface area contributed by atoms with E-state index < -0.39 is 0 Å². The molecule has 0 aromatic rings. The van der Waals surface area contributed by atoms with Gasteiger partial charge in [-0.15, -0.1) is 0 Å². The van der Waals surface area contributed by atoms with Crippen molar-refractivity contribution in [2.24, 2.45) is 0 Å². The maximum atomic E-state index is 2.42. The predicted molar refractivity (Wildman–Crippen MR) is 49.5 cm³/mol. The van der Waals surface area contributed by atoms with Crippen LogP contribution in [-0.2, 0) is 0 Å². The number of hydrogen-bond acceptors (Lipinski definition) is 0. The van der Waals surface area contributed by atoms with E-state index in [0.717, 1.165) is 6.04 Å². The molecular formula is C10H22N+. The Labute approximate surface area is 71.0 Å². The van der Waals surface area contributed by atoms with Gasteiger partial charge in [-0.05, 0) is 32.6 Å². The van der Waals surface area contributed by atoms with Crippen molar-refractivity contribution in [2.45, 2.75) is 45.6 Å². The third-order valence-electron chi connectivity index (χ3n) is 3.53. The lowest BCUT2D eigenvalue weighted by Crippen LogP contribution is -2.54. The van der Waals surface area contributed by atoms with Crippen molar-refractivity contribution >= 4 is 0 Å². The Bertz CT molecular complexity index is 122. The summed E-state index contributed by atoms with van der Waals surface area (Å²) < 4.78 is 1.33. The lowest BCUT2D eigenvalue weighted by Gasteiger charge is -2.44. The van der Waals surface area contributed by atoms with Gasteiger partial charge in [0.1, 0.15) is 0 Å². The minimum Gasteiger partial charge on any atom is -0.324 e. The van der Waals surface area contributed by atoms with Crippen LogP contribution in [0.5, 0.6) is 0 Å². The van der Waals surface area contributed by atoms with Crippen LogP contribution in [0.15, 0.2) is 0 Å². The van der Waals surface area contributed by atoms with E-state index >= 15 is 0 Å². The number of piperidine rings is 1. The van der Waals surface area contributed by atoms with Crippen molar-refractivity contribution in [1.29, 1.82) is 0 Å². The van der Waals surface area contributed by atoms with E-state index in [4.69, 9.17) is 0 Å². The van der Waals surface area contributed by atoms with E-state index in [1.165, 1.54) is 43.3 Å². The Kier molecular flexibility index (Phi) is 2.94. The minimum atomic E-state index is 0.953. The van der Waals surface area contributed by atoms with Crippen molar-refractivity contribution < 1.29 is 4.48 Å². The summed E-state index contributed by atoms with van der Waals surface area (Å²) in [5, 5.41) is 0. The average molecular weight is 156 g/mol. The van der Waals surface area contributed by atoms with Crippen molar-refractivity contribution in [3.8, 4) is 0 Å². The first kappa shape index (κ1) is 9.05. The number of quaternary nitrogens is 1. The molecule has 1 aliphatic heterocycles. The second-order valence-electron chi connectivity index (χ2n) is 4.08. The lowest BCUT2D eigenvalue weighted by atomic mass is 9.97. The Morgan fingerprint density at radius 3 is 2.45 bits per heavy atom. The number of hydrogen-bond donors (Lipinski definition) is 0. The molecule has 1 fully saturated rings. The largest absolute Gasteiger partial charge is 0.324 e. The molecule has 0 saturated carbocycles. The van der Waals surface area contributed by atoms with Crippen LogP contribution in [-0.4, -0.2) is 30.7 Å². The van der Waals surface area contributed by atoms with Gasteiger partial charge in [-0.3, -0.25) is 0 Å². The molecule has 0 radical (unpaired) electrons. The van der Waals surface area contributed by atoms with Gasteiger partial charge in [-0.2, -0.15) is 0 Å². The molecular weight excluding hydrogens is 134 g/mol. The molecule has 0 amide bonds. The van der Waals surface area contributed by atoms with Crippen LogP contribution in [0, 0.1) is 0 Å². The van der Waals surface area contributed by atoms with E-state index in [1.807, 2.05) is 0 Å². The summed E-state index contributed by atoms with van der Waals surface area (Å²) in [6.07, 6.45) is 5.73. The highest BCUT2D eigenvalue weighted by atomic mass is 15.4. The Balaban J connectivity index is 2.57. The molecule has 1 aliphatic rings. The van der Waals surface area contributed by atoms with Crippen LogP contribution in [0.3, 0.4) is 0 Å². The fraction of sp³-hybridized carbons (Fsp3) is 1.00. The molecule has 1 heterocycles. The number of rotatable bonds is 2. The van der Waals surface area contributed by atoms with Gasteiger partial charge in [0.05, 0.1) is 26.2 Å². The first-order chi connectivity index (χ1) is 5.23. The Morgan fingerprint density at radius 2 is 2.00 bits per heavy atom. The summed E-state index contributed by atoms with van der Waals surface area (Å²) in [5.74, 6) is 0. The van der Waals surface area contributed by atoms with Crippen LogP contribution >= 0.6 is 0 Å². The van der Waals surface area contributed by atoms with E-state index in [2.05, 4.69) is 20.9 Å². The summed E-state index contributed by atoms with van der Waals surface area (Å²) in [4.78, 5) is 0. The van der Waals surface area contributed by atoms with E-state index in [-0.39, 0.29) is 0 Å². The molecule has 0 N–H and O–H groups in total. The zero-order valence-corrected chi connectivity index (χ0v) is 8.27. The molecule has 1 rings (SSSR count). The SMILES string of the molecule is CC[C@H]1CCCC[N@@+]1(C)CC. The van der Waals surface area contributed by atoms with Gasteiger partial charge in [0.2, 0.25) is 0 Å². The topological polar surface area (TPSA) is 0 Å². The summed E-state index contributed by atoms with van der Waals surface area (Å²) >= 11 is 0.